The van der Waals surface area contributed by atoms with Crippen LogP contribution in [0.3, 0.4) is 0 Å². The third kappa shape index (κ3) is 3.85. The second kappa shape index (κ2) is 8.05. The molecule has 4 aromatic rings. The van der Waals surface area contributed by atoms with E-state index >= 15 is 0 Å². The van der Waals surface area contributed by atoms with Crippen molar-refractivity contribution in [2.75, 3.05) is 37.4 Å². The van der Waals surface area contributed by atoms with E-state index in [4.69, 9.17) is 4.74 Å². The number of para-hydroxylation sites is 1. The average molecular weight is 365 g/mol. The number of imidazole rings is 1. The van der Waals surface area contributed by atoms with Crippen LogP contribution in [0.15, 0.2) is 36.8 Å². The van der Waals surface area contributed by atoms with E-state index in [0.29, 0.717) is 24.7 Å². The lowest BCUT2D eigenvalue weighted by Crippen LogP contribution is -2.12. The predicted octanol–water partition coefficient (Wildman–Crippen LogP) is 2.94. The Morgan fingerprint density at radius 3 is 2.93 bits per heavy atom. The van der Waals surface area contributed by atoms with Crippen LogP contribution < -0.4 is 10.6 Å². The maximum atomic E-state index is 5.08. The van der Waals surface area contributed by atoms with Gasteiger partial charge >= 0.3 is 0 Å². The fraction of sp³-hybridized carbons (Fsp3) is 0.316. The Balaban J connectivity index is 1.38. The number of rotatable bonds is 9. The first-order valence-electron chi connectivity index (χ1n) is 9.08. The number of anilines is 2. The molecule has 0 aliphatic rings. The molecule has 140 valence electrons. The summed E-state index contributed by atoms with van der Waals surface area (Å²) in [4.78, 5) is 19.7. The number of methoxy groups -OCH3 is 1. The van der Waals surface area contributed by atoms with Gasteiger partial charge in [-0.15, -0.1) is 0 Å². The normalized spacial score (nSPS) is 11.3. The minimum atomic E-state index is 0.577. The van der Waals surface area contributed by atoms with Crippen LogP contribution in [0.25, 0.3) is 22.1 Å². The molecule has 0 aliphatic heterocycles. The molecule has 0 saturated carbocycles. The van der Waals surface area contributed by atoms with Crippen molar-refractivity contribution in [1.29, 1.82) is 0 Å². The van der Waals surface area contributed by atoms with Crippen LogP contribution in [-0.4, -0.2) is 51.7 Å². The van der Waals surface area contributed by atoms with E-state index in [1.165, 1.54) is 16.5 Å². The summed E-state index contributed by atoms with van der Waals surface area (Å²) in [5, 5.41) is 7.86. The molecular weight excluding hydrogens is 342 g/mol. The predicted molar refractivity (Wildman–Crippen MR) is 107 cm³/mol. The summed E-state index contributed by atoms with van der Waals surface area (Å²) >= 11 is 0. The molecule has 4 rings (SSSR count). The van der Waals surface area contributed by atoms with Crippen molar-refractivity contribution in [3.05, 3.63) is 42.4 Å². The number of aromatic amines is 2. The van der Waals surface area contributed by atoms with Gasteiger partial charge in [0.1, 0.15) is 5.52 Å². The smallest absolute Gasteiger partial charge is 0.226 e. The Labute approximate surface area is 156 Å². The Morgan fingerprint density at radius 1 is 1.07 bits per heavy atom. The number of aromatic nitrogens is 5. The molecular formula is C19H23N7O. The number of nitrogens with one attached hydrogen (secondary N) is 4. The van der Waals surface area contributed by atoms with E-state index in [9.17, 15) is 0 Å². The monoisotopic (exact) mass is 365 g/mol. The van der Waals surface area contributed by atoms with Gasteiger partial charge in [-0.25, -0.2) is 4.98 Å². The number of hydrogen-bond acceptors (Lipinski definition) is 6. The summed E-state index contributed by atoms with van der Waals surface area (Å²) in [6, 6.07) is 8.37. The average Bonchev–Trinajstić information content (AvgIpc) is 3.32. The Bertz CT molecular complexity index is 1020. The molecule has 0 bridgehead atoms. The van der Waals surface area contributed by atoms with Gasteiger partial charge in [0.25, 0.3) is 0 Å². The molecule has 0 unspecified atom stereocenters. The van der Waals surface area contributed by atoms with Gasteiger partial charge in [0.2, 0.25) is 5.95 Å². The van der Waals surface area contributed by atoms with E-state index in [0.717, 1.165) is 30.7 Å². The molecule has 4 N–H and O–H groups in total. The second-order valence-corrected chi connectivity index (χ2v) is 6.31. The number of nitrogens with zero attached hydrogens (tertiary/aromatic N) is 3. The number of fused-ring (bicyclic) bond motifs is 2. The summed E-state index contributed by atoms with van der Waals surface area (Å²) in [5.41, 5.74) is 3.96. The van der Waals surface area contributed by atoms with Crippen LogP contribution in [0.1, 0.15) is 12.0 Å². The fourth-order valence-electron chi connectivity index (χ4n) is 3.13. The summed E-state index contributed by atoms with van der Waals surface area (Å²) in [6.45, 7) is 2.06. The first kappa shape index (κ1) is 17.3. The Kier molecular flexibility index (Phi) is 5.15. The van der Waals surface area contributed by atoms with Crippen LogP contribution in [0.4, 0.5) is 11.8 Å². The first-order chi connectivity index (χ1) is 13.3. The quantitative estimate of drug-likeness (QED) is 0.340. The lowest BCUT2D eigenvalue weighted by atomic mass is 10.1. The van der Waals surface area contributed by atoms with Crippen molar-refractivity contribution in [3.8, 4) is 0 Å². The van der Waals surface area contributed by atoms with Crippen LogP contribution in [0, 0.1) is 0 Å². The van der Waals surface area contributed by atoms with Crippen molar-refractivity contribution < 1.29 is 4.74 Å². The van der Waals surface area contributed by atoms with Crippen molar-refractivity contribution in [2.45, 2.75) is 12.8 Å². The number of benzene rings is 1. The SMILES string of the molecule is COCCNc1nc(NCCCc2c[nH]c3ccccc23)nc2nc[nH]c12. The van der Waals surface area contributed by atoms with Crippen molar-refractivity contribution in [1.82, 2.24) is 24.9 Å². The third-order valence-corrected chi connectivity index (χ3v) is 4.47. The van der Waals surface area contributed by atoms with Gasteiger partial charge in [-0.05, 0) is 24.5 Å². The molecule has 1 aromatic carbocycles. The van der Waals surface area contributed by atoms with Crippen molar-refractivity contribution in [2.24, 2.45) is 0 Å². The molecule has 0 saturated heterocycles. The number of ether oxygens (including phenoxy) is 1. The molecule has 0 aliphatic carbocycles. The first-order valence-corrected chi connectivity index (χ1v) is 9.08. The van der Waals surface area contributed by atoms with Gasteiger partial charge < -0.3 is 25.3 Å². The largest absolute Gasteiger partial charge is 0.383 e. The van der Waals surface area contributed by atoms with Gasteiger partial charge in [-0.2, -0.15) is 9.97 Å². The minimum Gasteiger partial charge on any atom is -0.383 e. The zero-order valence-corrected chi connectivity index (χ0v) is 15.2. The highest BCUT2D eigenvalue weighted by molar-refractivity contribution is 5.84. The standard InChI is InChI=1S/C19H23N7O/c1-27-10-9-20-17-16-18(24-12-23-16)26-19(25-17)21-8-4-5-13-11-22-15-7-3-2-6-14(13)15/h2-3,6-7,11-12,22H,4-5,8-10H2,1H3,(H3,20,21,23,24,25,26). The lowest BCUT2D eigenvalue weighted by Gasteiger charge is -2.09. The van der Waals surface area contributed by atoms with E-state index in [1.807, 2.05) is 6.07 Å². The van der Waals surface area contributed by atoms with Crippen molar-refractivity contribution in [3.63, 3.8) is 0 Å². The van der Waals surface area contributed by atoms with Gasteiger partial charge in [-0.3, -0.25) is 0 Å². The minimum absolute atomic E-state index is 0.577. The molecule has 0 atom stereocenters. The van der Waals surface area contributed by atoms with Gasteiger partial charge in [-0.1, -0.05) is 18.2 Å². The maximum Gasteiger partial charge on any atom is 0.226 e. The van der Waals surface area contributed by atoms with E-state index in [-0.39, 0.29) is 0 Å². The molecule has 8 heteroatoms. The molecule has 0 amide bonds. The van der Waals surface area contributed by atoms with Gasteiger partial charge in [0, 0.05) is 37.3 Å². The Morgan fingerprint density at radius 2 is 2.00 bits per heavy atom. The van der Waals surface area contributed by atoms with Gasteiger partial charge in [0.05, 0.1) is 12.9 Å². The van der Waals surface area contributed by atoms with Crippen LogP contribution in [0.2, 0.25) is 0 Å². The lowest BCUT2D eigenvalue weighted by molar-refractivity contribution is 0.210. The summed E-state index contributed by atoms with van der Waals surface area (Å²) in [7, 11) is 1.67. The molecule has 0 fully saturated rings. The molecule has 0 spiro atoms. The topological polar surface area (TPSA) is 104 Å². The van der Waals surface area contributed by atoms with E-state index < -0.39 is 0 Å². The van der Waals surface area contributed by atoms with Gasteiger partial charge in [0.15, 0.2) is 11.5 Å². The molecule has 3 heterocycles. The molecule has 0 radical (unpaired) electrons. The molecule has 8 nitrogen and oxygen atoms in total. The molecule has 27 heavy (non-hydrogen) atoms. The van der Waals surface area contributed by atoms with E-state index in [2.05, 4.69) is 59.9 Å². The molecule has 3 aromatic heterocycles. The fourth-order valence-corrected chi connectivity index (χ4v) is 3.13. The Hall–Kier alpha value is -3.13. The van der Waals surface area contributed by atoms with Crippen LogP contribution >= 0.6 is 0 Å². The maximum absolute atomic E-state index is 5.08. The summed E-state index contributed by atoms with van der Waals surface area (Å²) in [5.74, 6) is 1.31. The highest BCUT2D eigenvalue weighted by Gasteiger charge is 2.09. The second-order valence-electron chi connectivity index (χ2n) is 6.31. The number of aryl methyl sites for hydroxylation is 1. The van der Waals surface area contributed by atoms with Crippen LogP contribution in [0.5, 0.6) is 0 Å². The highest BCUT2D eigenvalue weighted by Crippen LogP contribution is 2.20. The zero-order chi connectivity index (χ0) is 18.5. The van der Waals surface area contributed by atoms with Crippen LogP contribution in [-0.2, 0) is 11.2 Å². The third-order valence-electron chi connectivity index (χ3n) is 4.47. The summed E-state index contributed by atoms with van der Waals surface area (Å²) < 4.78 is 5.08. The van der Waals surface area contributed by atoms with E-state index in [1.54, 1.807) is 13.4 Å². The number of H-pyrrole nitrogens is 2. The van der Waals surface area contributed by atoms with Crippen molar-refractivity contribution >= 4 is 33.8 Å². The highest BCUT2D eigenvalue weighted by atomic mass is 16.5. The summed E-state index contributed by atoms with van der Waals surface area (Å²) in [6.07, 6.45) is 5.69. The zero-order valence-electron chi connectivity index (χ0n) is 15.2. The number of hydrogen-bond donors (Lipinski definition) is 4.